The molecule has 0 aliphatic heterocycles. The summed E-state index contributed by atoms with van der Waals surface area (Å²) in [7, 11) is 0. The van der Waals surface area contributed by atoms with Crippen LogP contribution in [0.5, 0.6) is 5.75 Å². The molecule has 0 radical (unpaired) electrons. The van der Waals surface area contributed by atoms with E-state index in [1.807, 2.05) is 0 Å². The van der Waals surface area contributed by atoms with Gasteiger partial charge in [-0.15, -0.1) is 0 Å². The molecule has 0 bridgehead atoms. The average Bonchev–Trinajstić information content (AvgIpc) is 2.25. The summed E-state index contributed by atoms with van der Waals surface area (Å²) in [5, 5.41) is 10.5. The van der Waals surface area contributed by atoms with Gasteiger partial charge in [-0.05, 0) is 18.9 Å². The molecule has 2 rings (SSSR count). The smallest absolute Gasteiger partial charge is 0.420 e. The third-order valence-electron chi connectivity index (χ3n) is 2.90. The number of rotatable bonds is 3. The van der Waals surface area contributed by atoms with E-state index in [2.05, 4.69) is 0 Å². The van der Waals surface area contributed by atoms with Crippen LogP contribution in [0.15, 0.2) is 18.2 Å². The van der Waals surface area contributed by atoms with Crippen LogP contribution >= 0.6 is 0 Å². The molecule has 0 spiro atoms. The Balaban J connectivity index is 2.29. The lowest BCUT2D eigenvalue weighted by atomic mass is 9.90. The van der Waals surface area contributed by atoms with Gasteiger partial charge in [-0.25, -0.2) is 0 Å². The predicted molar refractivity (Wildman–Crippen MR) is 59.7 cm³/mol. The Hall–Kier alpha value is -1.83. The lowest BCUT2D eigenvalue weighted by Crippen LogP contribution is -2.43. The Labute approximate surface area is 106 Å². The predicted octanol–water partition coefficient (Wildman–Crippen LogP) is 2.48. The Morgan fingerprint density at radius 1 is 1.37 bits per heavy atom. The van der Waals surface area contributed by atoms with E-state index in [1.54, 1.807) is 0 Å². The van der Waals surface area contributed by atoms with E-state index in [-0.39, 0.29) is 12.1 Å². The van der Waals surface area contributed by atoms with Gasteiger partial charge in [0.25, 0.3) is 5.69 Å². The van der Waals surface area contributed by atoms with Crippen molar-refractivity contribution in [2.45, 2.75) is 31.2 Å². The number of nitrogens with zero attached hydrogens (tertiary/aromatic N) is 1. The summed E-state index contributed by atoms with van der Waals surface area (Å²) < 4.78 is 43.6. The molecule has 0 unspecified atom stereocenters. The summed E-state index contributed by atoms with van der Waals surface area (Å²) >= 11 is 0. The van der Waals surface area contributed by atoms with Crippen molar-refractivity contribution in [3.8, 4) is 5.75 Å². The maximum Gasteiger partial charge on any atom is 0.420 e. The monoisotopic (exact) mass is 276 g/mol. The Kier molecular flexibility index (Phi) is 3.36. The van der Waals surface area contributed by atoms with Gasteiger partial charge in [0.15, 0.2) is 0 Å². The molecule has 19 heavy (non-hydrogen) atoms. The third-order valence-corrected chi connectivity index (χ3v) is 2.90. The fourth-order valence-electron chi connectivity index (χ4n) is 1.84. The first-order chi connectivity index (χ1) is 8.77. The standard InChI is InChI=1S/C11H11F3N2O3/c12-11(13,14)9-5-7(16(17)18)1-2-10(9)19-8-3-6(15)4-8/h1-2,5-6,8H,3-4,15H2. The number of nitro groups is 1. The summed E-state index contributed by atoms with van der Waals surface area (Å²) in [4.78, 5) is 9.63. The summed E-state index contributed by atoms with van der Waals surface area (Å²) in [6.07, 6.45) is -4.10. The molecule has 1 aromatic rings. The molecule has 1 aromatic carbocycles. The van der Waals surface area contributed by atoms with Crippen LogP contribution in [0.25, 0.3) is 0 Å². The highest BCUT2D eigenvalue weighted by Crippen LogP contribution is 2.39. The first-order valence-corrected chi connectivity index (χ1v) is 5.55. The van der Waals surface area contributed by atoms with Crippen LogP contribution in [-0.4, -0.2) is 17.1 Å². The molecule has 1 fully saturated rings. The number of ether oxygens (including phenoxy) is 1. The fraction of sp³-hybridized carbons (Fsp3) is 0.455. The van der Waals surface area contributed by atoms with E-state index in [0.29, 0.717) is 18.9 Å². The van der Waals surface area contributed by atoms with Crippen molar-refractivity contribution < 1.29 is 22.8 Å². The highest BCUT2D eigenvalue weighted by molar-refractivity contribution is 5.45. The van der Waals surface area contributed by atoms with Crippen LogP contribution in [0.4, 0.5) is 18.9 Å². The molecule has 1 aliphatic rings. The molecule has 2 N–H and O–H groups in total. The lowest BCUT2D eigenvalue weighted by molar-refractivity contribution is -0.385. The molecule has 8 heteroatoms. The highest BCUT2D eigenvalue weighted by atomic mass is 19.4. The number of hydrogen-bond donors (Lipinski definition) is 1. The minimum absolute atomic E-state index is 0.0580. The second kappa shape index (κ2) is 4.69. The minimum Gasteiger partial charge on any atom is -0.490 e. The van der Waals surface area contributed by atoms with Gasteiger partial charge in [0.05, 0.1) is 4.92 Å². The van der Waals surface area contributed by atoms with Crippen molar-refractivity contribution in [1.82, 2.24) is 0 Å². The van der Waals surface area contributed by atoms with E-state index >= 15 is 0 Å². The van der Waals surface area contributed by atoms with Crippen molar-refractivity contribution in [2.24, 2.45) is 5.73 Å². The number of hydrogen-bond acceptors (Lipinski definition) is 4. The van der Waals surface area contributed by atoms with Crippen molar-refractivity contribution in [1.29, 1.82) is 0 Å². The van der Waals surface area contributed by atoms with Crippen molar-refractivity contribution in [3.63, 3.8) is 0 Å². The van der Waals surface area contributed by atoms with Crippen molar-refractivity contribution in [3.05, 3.63) is 33.9 Å². The fourth-order valence-corrected chi connectivity index (χ4v) is 1.84. The molecule has 0 heterocycles. The molecule has 0 atom stereocenters. The average molecular weight is 276 g/mol. The number of nitro benzene ring substituents is 1. The van der Waals surface area contributed by atoms with Crippen LogP contribution in [0.1, 0.15) is 18.4 Å². The molecule has 1 saturated carbocycles. The van der Waals surface area contributed by atoms with Gasteiger partial charge in [-0.3, -0.25) is 10.1 Å². The van der Waals surface area contributed by atoms with Crippen molar-refractivity contribution in [2.75, 3.05) is 0 Å². The molecule has 1 aliphatic carbocycles. The number of benzene rings is 1. The van der Waals surface area contributed by atoms with E-state index in [1.165, 1.54) is 0 Å². The SMILES string of the molecule is NC1CC(Oc2ccc([N+](=O)[O-])cc2C(F)(F)F)C1. The lowest BCUT2D eigenvalue weighted by Gasteiger charge is -2.33. The summed E-state index contributed by atoms with van der Waals surface area (Å²) in [6, 6.07) is 2.39. The van der Waals surface area contributed by atoms with E-state index in [4.69, 9.17) is 10.5 Å². The zero-order valence-corrected chi connectivity index (χ0v) is 9.68. The topological polar surface area (TPSA) is 78.4 Å². The molecule has 0 aromatic heterocycles. The maximum absolute atomic E-state index is 12.8. The third kappa shape index (κ3) is 2.95. The van der Waals surface area contributed by atoms with Gasteiger partial charge in [0, 0.05) is 18.2 Å². The molecule has 5 nitrogen and oxygen atoms in total. The van der Waals surface area contributed by atoms with E-state index in [0.717, 1.165) is 12.1 Å². The molecule has 0 amide bonds. The first-order valence-electron chi connectivity index (χ1n) is 5.55. The van der Waals surface area contributed by atoms with Crippen LogP contribution < -0.4 is 10.5 Å². The Morgan fingerprint density at radius 2 is 2.00 bits per heavy atom. The summed E-state index contributed by atoms with van der Waals surface area (Å²) in [6.45, 7) is 0. The van der Waals surface area contributed by atoms with Crippen LogP contribution in [0.2, 0.25) is 0 Å². The number of alkyl halides is 3. The largest absolute Gasteiger partial charge is 0.490 e. The normalized spacial score (nSPS) is 22.7. The zero-order chi connectivity index (χ0) is 14.2. The van der Waals surface area contributed by atoms with Gasteiger partial charge in [-0.2, -0.15) is 13.2 Å². The number of non-ortho nitro benzene ring substituents is 1. The highest BCUT2D eigenvalue weighted by Gasteiger charge is 2.38. The van der Waals surface area contributed by atoms with E-state index < -0.39 is 28.1 Å². The molecular formula is C11H11F3N2O3. The maximum atomic E-state index is 12.8. The van der Waals surface area contributed by atoms with Gasteiger partial charge >= 0.3 is 6.18 Å². The van der Waals surface area contributed by atoms with Crippen LogP contribution in [-0.2, 0) is 6.18 Å². The first kappa shape index (κ1) is 13.6. The van der Waals surface area contributed by atoms with Gasteiger partial charge in [-0.1, -0.05) is 0 Å². The number of halogens is 3. The van der Waals surface area contributed by atoms with Crippen LogP contribution in [0.3, 0.4) is 0 Å². The number of nitrogens with two attached hydrogens (primary N) is 1. The van der Waals surface area contributed by atoms with Crippen molar-refractivity contribution >= 4 is 5.69 Å². The van der Waals surface area contributed by atoms with Gasteiger partial charge in [0.1, 0.15) is 17.4 Å². The van der Waals surface area contributed by atoms with Gasteiger partial charge < -0.3 is 10.5 Å². The van der Waals surface area contributed by atoms with Crippen LogP contribution in [0, 0.1) is 10.1 Å². The Bertz CT molecular complexity index is 498. The molecular weight excluding hydrogens is 265 g/mol. The quantitative estimate of drug-likeness (QED) is 0.679. The summed E-state index contributed by atoms with van der Waals surface area (Å²) in [5.74, 6) is -0.394. The zero-order valence-electron chi connectivity index (χ0n) is 9.68. The molecule has 0 saturated heterocycles. The second-order valence-electron chi connectivity index (χ2n) is 4.41. The second-order valence-corrected chi connectivity index (χ2v) is 4.41. The Morgan fingerprint density at radius 3 is 2.47 bits per heavy atom. The summed E-state index contributed by atoms with van der Waals surface area (Å²) in [5.41, 5.74) is 3.76. The molecule has 104 valence electrons. The van der Waals surface area contributed by atoms with Gasteiger partial charge in [0.2, 0.25) is 0 Å². The minimum atomic E-state index is -4.70. The van der Waals surface area contributed by atoms with E-state index in [9.17, 15) is 23.3 Å².